The Bertz CT molecular complexity index is 808. The molecule has 0 fully saturated rings. The van der Waals surface area contributed by atoms with E-state index < -0.39 is 16.4 Å². The third kappa shape index (κ3) is 3.30. The molecule has 0 bridgehead atoms. The van der Waals surface area contributed by atoms with Crippen LogP contribution in [0.15, 0.2) is 16.5 Å². The van der Waals surface area contributed by atoms with E-state index in [9.17, 15) is 17.8 Å². The van der Waals surface area contributed by atoms with Gasteiger partial charge < -0.3 is 28.8 Å². The third-order valence-corrected chi connectivity index (χ3v) is 3.12. The van der Waals surface area contributed by atoms with E-state index in [4.69, 9.17) is 9.15 Å². The Balaban J connectivity index is 0.00000242. The largest absolute Gasteiger partial charge is 0.716 e. The van der Waals surface area contributed by atoms with Crippen LogP contribution in [0.3, 0.4) is 0 Å². The predicted molar refractivity (Wildman–Crippen MR) is 75.2 cm³/mol. The molecule has 10 heteroatoms. The molecule has 0 atom stereocenters. The zero-order valence-corrected chi connectivity index (χ0v) is 13.1. The van der Waals surface area contributed by atoms with Crippen molar-refractivity contribution in [2.75, 3.05) is 14.2 Å². The molecule has 0 aliphatic rings. The fourth-order valence-electron chi connectivity index (χ4n) is 1.92. The monoisotopic (exact) mass is 333 g/mol. The van der Waals surface area contributed by atoms with Gasteiger partial charge in [-0.2, -0.15) is 0 Å². The number of ether oxygens (including phenoxy) is 2. The van der Waals surface area contributed by atoms with Crippen LogP contribution in [-0.2, 0) is 15.1 Å². The smallest absolute Gasteiger partial charge is 0.342 e. The summed E-state index contributed by atoms with van der Waals surface area (Å²) in [7, 11) is -2.52. The second-order valence-corrected chi connectivity index (χ2v) is 5.00. The minimum absolute atomic E-state index is 0. The number of rotatable bonds is 4. The summed E-state index contributed by atoms with van der Waals surface area (Å²) in [6.07, 6.45) is 0. The summed E-state index contributed by atoms with van der Waals surface area (Å²) in [5.74, 6) is -0.744. The van der Waals surface area contributed by atoms with Crippen molar-refractivity contribution in [3.8, 4) is 11.5 Å². The zero-order chi connectivity index (χ0) is 15.8. The molecule has 0 aliphatic heterocycles. The Hall–Kier alpha value is -2.30. The Morgan fingerprint density at radius 2 is 1.86 bits per heavy atom. The van der Waals surface area contributed by atoms with Crippen LogP contribution in [0, 0.1) is 6.92 Å². The molecular weight excluding hydrogens is 318 g/mol. The molecule has 0 spiro atoms. The fraction of sp³-hybridized carbons (Fsp3) is 0.250. The zero-order valence-electron chi connectivity index (χ0n) is 12.3. The summed E-state index contributed by atoms with van der Waals surface area (Å²) in [5.41, 5.74) is 0.378. The molecule has 0 amide bonds. The summed E-state index contributed by atoms with van der Waals surface area (Å²) >= 11 is 0. The first-order valence-electron chi connectivity index (χ1n) is 5.61. The first kappa shape index (κ1) is 17.8. The van der Waals surface area contributed by atoms with Gasteiger partial charge >= 0.3 is 5.97 Å². The summed E-state index contributed by atoms with van der Waals surface area (Å²) in [6.45, 7) is 1.55. The van der Waals surface area contributed by atoms with E-state index >= 15 is 0 Å². The van der Waals surface area contributed by atoms with E-state index in [1.807, 2.05) is 0 Å². The average Bonchev–Trinajstić information content (AvgIpc) is 2.70. The van der Waals surface area contributed by atoms with Crippen LogP contribution >= 0.6 is 0 Å². The van der Waals surface area contributed by atoms with Crippen LogP contribution in [-0.4, -0.2) is 33.2 Å². The standard InChI is InChI=1S/C12H12O8S.H3N/c1-6-11(12(13)18-3)7-4-10(20-21(14,15)16)9(17-2)5-8(7)19-6;/h4-5H,1-3H3,(H,14,15,16);1H3. The summed E-state index contributed by atoms with van der Waals surface area (Å²) in [5, 5.41) is 0.249. The van der Waals surface area contributed by atoms with Crippen LogP contribution in [0.5, 0.6) is 11.5 Å². The third-order valence-electron chi connectivity index (χ3n) is 2.73. The number of quaternary nitrogens is 1. The quantitative estimate of drug-likeness (QED) is 0.504. The Kier molecular flexibility index (Phi) is 5.02. The van der Waals surface area contributed by atoms with Crippen molar-refractivity contribution >= 4 is 27.3 Å². The minimum atomic E-state index is -4.99. The van der Waals surface area contributed by atoms with Gasteiger partial charge in [0.25, 0.3) is 10.4 Å². The lowest BCUT2D eigenvalue weighted by atomic mass is 10.1. The van der Waals surface area contributed by atoms with Crippen molar-refractivity contribution in [2.45, 2.75) is 6.92 Å². The summed E-state index contributed by atoms with van der Waals surface area (Å²) < 4.78 is 51.5. The van der Waals surface area contributed by atoms with Gasteiger partial charge in [0.15, 0.2) is 11.5 Å². The molecule has 1 aromatic carbocycles. The number of aryl methyl sites for hydroxylation is 1. The highest BCUT2D eigenvalue weighted by atomic mass is 32.3. The van der Waals surface area contributed by atoms with Gasteiger partial charge in [-0.25, -0.2) is 13.2 Å². The highest BCUT2D eigenvalue weighted by molar-refractivity contribution is 7.81. The number of fused-ring (bicyclic) bond motifs is 1. The summed E-state index contributed by atoms with van der Waals surface area (Å²) in [4.78, 5) is 11.7. The maximum atomic E-state index is 11.7. The van der Waals surface area contributed by atoms with Crippen molar-refractivity contribution in [1.29, 1.82) is 0 Å². The summed E-state index contributed by atoms with van der Waals surface area (Å²) in [6, 6.07) is 2.49. The highest BCUT2D eigenvalue weighted by Crippen LogP contribution is 2.37. The SMILES string of the molecule is COC(=O)c1c(C)oc2cc(OC)c(OS(=O)(=O)[O-])cc12.[NH4+]. The number of hydrogen-bond donors (Lipinski definition) is 1. The van der Waals surface area contributed by atoms with Crippen molar-refractivity contribution in [1.82, 2.24) is 6.15 Å². The minimum Gasteiger partial charge on any atom is -0.716 e. The molecular formula is C12H15NO8S. The predicted octanol–water partition coefficient (Wildman–Crippen LogP) is 1.75. The molecule has 2 rings (SSSR count). The second kappa shape index (κ2) is 6.22. The number of carbonyl (C=O) groups is 1. The van der Waals surface area contributed by atoms with Crippen molar-refractivity contribution in [3.05, 3.63) is 23.5 Å². The number of methoxy groups -OCH3 is 2. The maximum Gasteiger partial charge on any atom is 0.342 e. The van der Waals surface area contributed by atoms with E-state index in [1.165, 1.54) is 26.4 Å². The fourth-order valence-corrected chi connectivity index (χ4v) is 2.27. The molecule has 0 saturated carbocycles. The van der Waals surface area contributed by atoms with Gasteiger partial charge in [0.05, 0.1) is 14.2 Å². The van der Waals surface area contributed by atoms with Crippen molar-refractivity contribution in [2.24, 2.45) is 0 Å². The van der Waals surface area contributed by atoms with Crippen molar-refractivity contribution in [3.63, 3.8) is 0 Å². The normalized spacial score (nSPS) is 10.9. The van der Waals surface area contributed by atoms with Gasteiger partial charge in [-0.1, -0.05) is 0 Å². The number of benzene rings is 1. The first-order valence-corrected chi connectivity index (χ1v) is 6.95. The lowest BCUT2D eigenvalue weighted by Gasteiger charge is -2.12. The van der Waals surface area contributed by atoms with E-state index in [0.29, 0.717) is 0 Å². The van der Waals surface area contributed by atoms with E-state index in [0.717, 1.165) is 0 Å². The molecule has 2 aromatic rings. The van der Waals surface area contributed by atoms with Crippen LogP contribution in [0.25, 0.3) is 11.0 Å². The van der Waals surface area contributed by atoms with Crippen LogP contribution in [0.4, 0.5) is 0 Å². The van der Waals surface area contributed by atoms with E-state index in [-0.39, 0.29) is 39.9 Å². The molecule has 0 unspecified atom stereocenters. The Morgan fingerprint density at radius 1 is 1.23 bits per heavy atom. The molecule has 0 aliphatic carbocycles. The van der Waals surface area contributed by atoms with E-state index in [2.05, 4.69) is 8.92 Å². The van der Waals surface area contributed by atoms with Gasteiger partial charge in [0, 0.05) is 11.5 Å². The maximum absolute atomic E-state index is 11.7. The molecule has 122 valence electrons. The first-order chi connectivity index (χ1) is 9.76. The lowest BCUT2D eigenvalue weighted by Crippen LogP contribution is -2.08. The highest BCUT2D eigenvalue weighted by Gasteiger charge is 2.22. The molecule has 1 aromatic heterocycles. The molecule has 9 nitrogen and oxygen atoms in total. The number of furan rings is 1. The second-order valence-electron chi connectivity index (χ2n) is 4.02. The van der Waals surface area contributed by atoms with Gasteiger partial charge in [-0.3, -0.25) is 0 Å². The van der Waals surface area contributed by atoms with Crippen LogP contribution in [0.1, 0.15) is 16.1 Å². The number of carbonyl (C=O) groups excluding carboxylic acids is 1. The van der Waals surface area contributed by atoms with Crippen LogP contribution in [0.2, 0.25) is 0 Å². The Morgan fingerprint density at radius 3 is 2.36 bits per heavy atom. The molecule has 0 saturated heterocycles. The lowest BCUT2D eigenvalue weighted by molar-refractivity contribution is 0.0600. The van der Waals surface area contributed by atoms with Crippen LogP contribution < -0.4 is 15.1 Å². The van der Waals surface area contributed by atoms with E-state index in [1.54, 1.807) is 6.92 Å². The van der Waals surface area contributed by atoms with Gasteiger partial charge in [-0.05, 0) is 13.0 Å². The topological polar surface area (TPSA) is 152 Å². The molecule has 22 heavy (non-hydrogen) atoms. The van der Waals surface area contributed by atoms with Gasteiger partial charge in [0.2, 0.25) is 0 Å². The number of hydrogen-bond acceptors (Lipinski definition) is 8. The number of esters is 1. The van der Waals surface area contributed by atoms with Gasteiger partial charge in [0.1, 0.15) is 16.9 Å². The van der Waals surface area contributed by atoms with Crippen molar-refractivity contribution < 1.29 is 35.8 Å². The average molecular weight is 333 g/mol. The molecule has 1 heterocycles. The molecule has 0 radical (unpaired) electrons. The Labute approximate surface area is 126 Å². The molecule has 4 N–H and O–H groups in total. The van der Waals surface area contributed by atoms with Gasteiger partial charge in [-0.15, -0.1) is 0 Å².